The minimum Gasteiger partial charge on any atom is -0.481 e. The van der Waals surface area contributed by atoms with Crippen LogP contribution >= 0.6 is 11.3 Å². The van der Waals surface area contributed by atoms with Gasteiger partial charge in [-0.2, -0.15) is 0 Å². The van der Waals surface area contributed by atoms with Crippen LogP contribution in [0.15, 0.2) is 24.3 Å². The number of anilines is 1. The summed E-state index contributed by atoms with van der Waals surface area (Å²) in [5.41, 5.74) is -0.367. The number of halogens is 4. The van der Waals surface area contributed by atoms with E-state index in [1.807, 2.05) is 0 Å². The second-order valence-corrected chi connectivity index (χ2v) is 7.26. The molecule has 1 amide bonds. The first-order chi connectivity index (χ1) is 13.7. The van der Waals surface area contributed by atoms with Gasteiger partial charge in [0.1, 0.15) is 27.9 Å². The number of aromatic nitrogens is 1. The third-order valence-electron chi connectivity index (χ3n) is 4.24. The van der Waals surface area contributed by atoms with E-state index in [0.717, 1.165) is 28.4 Å². The number of nitrogens with zero attached hydrogens (tertiary/aromatic N) is 2. The van der Waals surface area contributed by atoms with Gasteiger partial charge >= 0.3 is 5.97 Å². The van der Waals surface area contributed by atoms with Crippen LogP contribution in [0.2, 0.25) is 0 Å². The number of benzene rings is 2. The van der Waals surface area contributed by atoms with Gasteiger partial charge in [-0.1, -0.05) is 0 Å². The maximum Gasteiger partial charge on any atom is 0.307 e. The number of thiazole rings is 1. The first kappa shape index (κ1) is 19.1. The monoisotopic (exact) mass is 426 g/mol. The number of carboxylic acids is 1. The Hall–Kier alpha value is -3.21. The number of fused-ring (bicyclic) bond motifs is 2. The first-order valence-corrected chi connectivity index (χ1v) is 8.98. The van der Waals surface area contributed by atoms with E-state index in [0.29, 0.717) is 6.07 Å². The second-order valence-electron chi connectivity index (χ2n) is 6.18. The first-order valence-electron chi connectivity index (χ1n) is 8.17. The topological polar surface area (TPSA) is 79.7 Å². The average molecular weight is 426 g/mol. The van der Waals surface area contributed by atoms with E-state index in [4.69, 9.17) is 9.84 Å². The lowest BCUT2D eigenvalue weighted by molar-refractivity contribution is -0.142. The Morgan fingerprint density at radius 2 is 1.97 bits per heavy atom. The molecule has 1 aromatic heterocycles. The molecule has 1 aliphatic heterocycles. The molecule has 1 unspecified atom stereocenters. The normalized spacial score (nSPS) is 16.1. The van der Waals surface area contributed by atoms with Crippen molar-refractivity contribution in [2.75, 3.05) is 4.90 Å². The van der Waals surface area contributed by atoms with Crippen molar-refractivity contribution in [1.29, 1.82) is 0 Å². The lowest BCUT2D eigenvalue weighted by Gasteiger charge is -2.33. The molecule has 4 rings (SSSR count). The molecule has 0 bridgehead atoms. The van der Waals surface area contributed by atoms with Crippen LogP contribution in [0.5, 0.6) is 5.75 Å². The number of carbonyl (C=O) groups is 2. The molecular formula is C18H10F4N2O4S. The molecule has 2 heterocycles. The van der Waals surface area contributed by atoms with Gasteiger partial charge in [0.15, 0.2) is 17.7 Å². The molecule has 1 atom stereocenters. The van der Waals surface area contributed by atoms with Crippen LogP contribution in [0.25, 0.3) is 10.2 Å². The Morgan fingerprint density at radius 3 is 2.69 bits per heavy atom. The third kappa shape index (κ3) is 3.37. The Kier molecular flexibility index (Phi) is 4.61. The number of carboxylic acid groups (broad SMARTS) is 1. The zero-order chi connectivity index (χ0) is 20.9. The fourth-order valence-corrected chi connectivity index (χ4v) is 3.94. The number of hydrogen-bond acceptors (Lipinski definition) is 5. The third-order valence-corrected chi connectivity index (χ3v) is 5.28. The number of rotatable bonds is 4. The lowest BCUT2D eigenvalue weighted by Crippen LogP contribution is -2.46. The molecule has 0 spiro atoms. The molecule has 0 saturated carbocycles. The van der Waals surface area contributed by atoms with Gasteiger partial charge in [0.25, 0.3) is 5.91 Å². The van der Waals surface area contributed by atoms with Crippen molar-refractivity contribution in [3.05, 3.63) is 52.5 Å². The van der Waals surface area contributed by atoms with E-state index in [2.05, 4.69) is 4.98 Å². The van der Waals surface area contributed by atoms with E-state index < -0.39 is 53.2 Å². The van der Waals surface area contributed by atoms with Gasteiger partial charge < -0.3 is 9.84 Å². The molecule has 0 saturated heterocycles. The molecule has 0 radical (unpaired) electrons. The highest BCUT2D eigenvalue weighted by Gasteiger charge is 2.36. The largest absolute Gasteiger partial charge is 0.481 e. The number of aliphatic carboxylic acids is 1. The Bertz CT molecular complexity index is 1170. The van der Waals surface area contributed by atoms with Crippen molar-refractivity contribution in [3.8, 4) is 5.75 Å². The van der Waals surface area contributed by atoms with Gasteiger partial charge in [0.05, 0.1) is 23.4 Å². The fraction of sp³-hybridized carbons (Fsp3) is 0.167. The van der Waals surface area contributed by atoms with Crippen molar-refractivity contribution in [1.82, 2.24) is 4.98 Å². The molecule has 150 valence electrons. The zero-order valence-corrected chi connectivity index (χ0v) is 15.1. The van der Waals surface area contributed by atoms with Crippen molar-refractivity contribution in [3.63, 3.8) is 0 Å². The smallest absolute Gasteiger partial charge is 0.307 e. The maximum absolute atomic E-state index is 13.9. The molecule has 29 heavy (non-hydrogen) atoms. The van der Waals surface area contributed by atoms with Gasteiger partial charge in [-0.15, -0.1) is 11.3 Å². The molecule has 1 N–H and O–H groups in total. The summed E-state index contributed by atoms with van der Waals surface area (Å²) in [7, 11) is 0. The predicted molar refractivity (Wildman–Crippen MR) is 93.8 cm³/mol. The van der Waals surface area contributed by atoms with Crippen LogP contribution in [0.4, 0.5) is 23.2 Å². The van der Waals surface area contributed by atoms with Crippen LogP contribution in [0, 0.1) is 23.3 Å². The zero-order valence-electron chi connectivity index (χ0n) is 14.3. The summed E-state index contributed by atoms with van der Waals surface area (Å²) in [4.78, 5) is 28.7. The summed E-state index contributed by atoms with van der Waals surface area (Å²) in [6.07, 6.45) is -2.08. The molecule has 2 aromatic carbocycles. The summed E-state index contributed by atoms with van der Waals surface area (Å²) < 4.78 is 60.0. The van der Waals surface area contributed by atoms with E-state index in [1.54, 1.807) is 0 Å². The van der Waals surface area contributed by atoms with Gasteiger partial charge in [-0.05, 0) is 12.1 Å². The summed E-state index contributed by atoms with van der Waals surface area (Å²) >= 11 is 0.718. The quantitative estimate of drug-likeness (QED) is 0.509. The fourth-order valence-electron chi connectivity index (χ4n) is 2.98. The molecule has 0 fully saturated rings. The molecule has 0 aliphatic carbocycles. The number of hydrogen-bond donors (Lipinski definition) is 1. The molecular weight excluding hydrogens is 416 g/mol. The van der Waals surface area contributed by atoms with Gasteiger partial charge in [-0.25, -0.2) is 22.5 Å². The molecule has 11 heteroatoms. The van der Waals surface area contributed by atoms with Gasteiger partial charge in [-0.3, -0.25) is 14.5 Å². The highest BCUT2D eigenvalue weighted by molar-refractivity contribution is 7.18. The minimum atomic E-state index is -1.41. The SMILES string of the molecule is O=C(O)CC1Oc2cc(F)ccc2N(Cc2nc3c(F)c(F)cc(F)c3s2)C1=O. The van der Waals surface area contributed by atoms with E-state index in [-0.39, 0.29) is 27.7 Å². The van der Waals surface area contributed by atoms with Crippen LogP contribution in [0.3, 0.4) is 0 Å². The van der Waals surface area contributed by atoms with E-state index in [9.17, 15) is 27.2 Å². The predicted octanol–water partition coefficient (Wildman–Crippen LogP) is 3.62. The Labute approximate surface area is 164 Å². The van der Waals surface area contributed by atoms with Crippen LogP contribution < -0.4 is 9.64 Å². The Morgan fingerprint density at radius 1 is 1.21 bits per heavy atom. The van der Waals surface area contributed by atoms with Crippen molar-refractivity contribution in [2.45, 2.75) is 19.1 Å². The number of amides is 1. The number of carbonyl (C=O) groups excluding carboxylic acids is 1. The van der Waals surface area contributed by atoms with E-state index in [1.165, 1.54) is 6.07 Å². The van der Waals surface area contributed by atoms with Crippen molar-refractivity contribution < 1.29 is 37.0 Å². The molecule has 1 aliphatic rings. The standard InChI is InChI=1S/C18H10F4N2O4S/c19-7-1-2-10-11(3-7)28-12(5-14(25)26)18(27)24(10)6-13-23-16-15(22)8(20)4-9(21)17(16)29-13/h1-4,12H,5-6H2,(H,25,26). The summed E-state index contributed by atoms with van der Waals surface area (Å²) in [5.74, 6) is -6.46. The highest BCUT2D eigenvalue weighted by Crippen LogP contribution is 2.37. The van der Waals surface area contributed by atoms with Crippen LogP contribution in [0.1, 0.15) is 11.4 Å². The summed E-state index contributed by atoms with van der Waals surface area (Å²) in [5, 5.41) is 9.06. The van der Waals surface area contributed by atoms with E-state index >= 15 is 0 Å². The van der Waals surface area contributed by atoms with Crippen molar-refractivity contribution in [2.24, 2.45) is 0 Å². The highest BCUT2D eigenvalue weighted by atomic mass is 32.1. The molecule has 3 aromatic rings. The number of ether oxygens (including phenoxy) is 1. The maximum atomic E-state index is 13.9. The summed E-state index contributed by atoms with van der Waals surface area (Å²) in [6.45, 7) is -0.295. The van der Waals surface area contributed by atoms with Gasteiger partial charge in [0, 0.05) is 12.1 Å². The van der Waals surface area contributed by atoms with Crippen LogP contribution in [-0.2, 0) is 16.1 Å². The average Bonchev–Trinajstić information content (AvgIpc) is 3.07. The summed E-state index contributed by atoms with van der Waals surface area (Å²) in [6, 6.07) is 3.73. The second kappa shape index (κ2) is 6.99. The minimum absolute atomic E-state index is 0.0552. The lowest BCUT2D eigenvalue weighted by atomic mass is 10.1. The molecule has 6 nitrogen and oxygen atoms in total. The Balaban J connectivity index is 1.76. The van der Waals surface area contributed by atoms with Gasteiger partial charge in [0.2, 0.25) is 0 Å². The van der Waals surface area contributed by atoms with Crippen molar-refractivity contribution >= 4 is 39.1 Å². The van der Waals surface area contributed by atoms with Crippen LogP contribution in [-0.4, -0.2) is 28.1 Å².